The topological polar surface area (TPSA) is 38.5 Å². The molecular formula is C80H44N8O. The molecule has 9 heteroatoms. The lowest BCUT2D eigenvalue weighted by molar-refractivity contribution is 0.0426. The Hall–Kier alpha value is -7.38. The lowest BCUT2D eigenvalue weighted by atomic mass is 9.51. The van der Waals surface area contributed by atoms with Gasteiger partial charge in [-0.2, -0.15) is 0 Å². The quantitative estimate of drug-likeness (QED) is 0.127. The molecule has 5 fully saturated rings. The molecular weight excluding hydrogens is 1090 g/mol. The standard InChI is InChI=1S/C80H44N8O/c1-81-5-13-85(14-6-81)75-61-51-41-31-26-21-22-24-25-23(21)28-34-32(26)42(41)52-54-44(34)46-36(28)38-30(25)40-39-29(24)37-35-27(22)33(31)43-45(35)55-57-47(37)49(39)59-60-50(40)48(38)58-56(46)66-64(54)76(62(52)61,86-15-7-82(2)8-16-86)72-71(75)73-77(65(55)63(75)53(43)51,87-17-9-83(3)10-18-87)67(57)69(59)79-70(60)68(58)78(66,74(72)80(73,79)89-79)88-19-11-84(4)12-20-88/h5-20H2,1-4H3. The van der Waals surface area contributed by atoms with Crippen molar-refractivity contribution >= 4 is 215 Å². The molecule has 37 rings (SSSR count). The van der Waals surface area contributed by atoms with Crippen LogP contribution in [0, 0.1) is 0 Å². The van der Waals surface area contributed by atoms with Crippen LogP contribution in [0.3, 0.4) is 0 Å². The van der Waals surface area contributed by atoms with Gasteiger partial charge in [0.15, 0.2) is 11.2 Å². The average molecular weight is 1130 g/mol. The second kappa shape index (κ2) is 9.53. The molecule has 2 spiro atoms. The summed E-state index contributed by atoms with van der Waals surface area (Å²) in [5.41, 5.74) is 21.4. The van der Waals surface area contributed by atoms with Crippen LogP contribution in [-0.2, 0) is 32.5 Å². The van der Waals surface area contributed by atoms with Crippen molar-refractivity contribution in [2.75, 3.05) is 133 Å². The molecule has 9 nitrogen and oxygen atoms in total. The molecule has 0 bridgehead atoms. The Morgan fingerprint density at radius 1 is 0.191 bits per heavy atom. The van der Waals surface area contributed by atoms with E-state index >= 15 is 0 Å². The first-order valence-corrected chi connectivity index (χ1v) is 34.7. The Morgan fingerprint density at radius 2 is 0.360 bits per heavy atom. The SMILES string of the molecule is CN1CCN(C23C4=C5C6(N7CCN(C)CC7)c7c2c2c8c3c3c9c%10c%11c%12c%13c%14c%15c%16c%17c%18c(c6c6c7c7c2c2c%19c8c9c8c9c%10c%13c%10c%13c%14c%17c%14c%17c%18c6c6c7c2c2c(c%198)c(c9%10)c(c%13%14)c2c6%17)C%162OC52C(=C4C3%11N2CCN(C)CC2)C%12%15N2CCN(C)CC2)CC1. The number of likely N-dealkylation sites (N-methyl/N-ethyl adjacent to an activating group) is 4. The van der Waals surface area contributed by atoms with Crippen LogP contribution in [0.2, 0.25) is 0 Å². The molecule has 0 saturated carbocycles. The van der Waals surface area contributed by atoms with Crippen LogP contribution in [0.15, 0.2) is 22.3 Å². The normalized spacial score (nSPS) is 34.2. The maximum atomic E-state index is 9.39. The molecule has 11 aliphatic carbocycles. The highest BCUT2D eigenvalue weighted by atomic mass is 16.6. The van der Waals surface area contributed by atoms with E-state index in [1.54, 1.807) is 293 Å². The third-order valence-electron chi connectivity index (χ3n) is 32.7. The highest BCUT2D eigenvalue weighted by Crippen LogP contribution is 2.96. The zero-order chi connectivity index (χ0) is 54.8. The zero-order valence-corrected chi connectivity index (χ0v) is 49.3. The Bertz CT molecular complexity index is 7130. The van der Waals surface area contributed by atoms with E-state index in [2.05, 4.69) is 67.4 Å². The van der Waals surface area contributed by atoms with Gasteiger partial charge < -0.3 is 24.3 Å². The van der Waals surface area contributed by atoms with Crippen molar-refractivity contribution in [1.29, 1.82) is 0 Å². The first kappa shape index (κ1) is 39.0. The van der Waals surface area contributed by atoms with E-state index in [0.717, 1.165) is 105 Å². The van der Waals surface area contributed by atoms with Crippen molar-refractivity contribution in [2.45, 2.75) is 33.4 Å². The summed E-state index contributed by atoms with van der Waals surface area (Å²) in [6.45, 7) is 17.2. The number of benzene rings is 15. The summed E-state index contributed by atoms with van der Waals surface area (Å²) in [7, 11) is 9.74. The van der Waals surface area contributed by atoms with Crippen molar-refractivity contribution < 1.29 is 4.74 Å². The third kappa shape index (κ3) is 2.38. The predicted octanol–water partition coefficient (Wildman–Crippen LogP) is 11.8. The summed E-state index contributed by atoms with van der Waals surface area (Å²) in [5, 5.41) is 67.5. The number of nitrogens with zero attached hydrogens (tertiary/aromatic N) is 8. The fraction of sp³-hybridized carbons (Fsp3) is 0.325. The second-order valence-corrected chi connectivity index (χ2v) is 33.7. The van der Waals surface area contributed by atoms with Crippen LogP contribution < -0.4 is 0 Å². The smallest absolute Gasteiger partial charge is 0.159 e. The van der Waals surface area contributed by atoms with Gasteiger partial charge in [0.2, 0.25) is 0 Å². The van der Waals surface area contributed by atoms with Gasteiger partial charge in [0.25, 0.3) is 0 Å². The van der Waals surface area contributed by atoms with E-state index in [1.165, 1.54) is 0 Å². The summed E-state index contributed by atoms with van der Waals surface area (Å²) in [4.78, 5) is 23.8. The third-order valence-corrected chi connectivity index (χ3v) is 32.7. The van der Waals surface area contributed by atoms with Gasteiger partial charge >= 0.3 is 0 Å². The van der Waals surface area contributed by atoms with Gasteiger partial charge in [-0.25, -0.2) is 0 Å². The van der Waals surface area contributed by atoms with Gasteiger partial charge in [-0.1, -0.05) is 0 Å². The predicted molar refractivity (Wildman–Crippen MR) is 356 cm³/mol. The number of piperazine rings is 4. The lowest BCUT2D eigenvalue weighted by Gasteiger charge is -2.63. The molecule has 0 aromatic heterocycles. The number of epoxide rings is 1. The van der Waals surface area contributed by atoms with Crippen LogP contribution >= 0.6 is 0 Å². The molecule has 21 aromatic rings. The molecule has 0 radical (unpaired) electrons. The van der Waals surface area contributed by atoms with Crippen molar-refractivity contribution in [2.24, 2.45) is 0 Å². The lowest BCUT2D eigenvalue weighted by Crippen LogP contribution is -2.67. The van der Waals surface area contributed by atoms with Gasteiger partial charge in [0.1, 0.15) is 0 Å². The summed E-state index contributed by atoms with van der Waals surface area (Å²) in [6, 6.07) is 0. The van der Waals surface area contributed by atoms with Crippen molar-refractivity contribution in [3.8, 4) is 0 Å². The van der Waals surface area contributed by atoms with Gasteiger partial charge in [-0.3, -0.25) is 19.6 Å². The fourth-order valence-electron chi connectivity index (χ4n) is 31.4. The fourth-order valence-corrected chi connectivity index (χ4v) is 31.4. The van der Waals surface area contributed by atoms with Gasteiger partial charge in [0, 0.05) is 127 Å². The van der Waals surface area contributed by atoms with Crippen LogP contribution in [0.5, 0.6) is 0 Å². The van der Waals surface area contributed by atoms with Crippen LogP contribution in [0.4, 0.5) is 0 Å². The van der Waals surface area contributed by atoms with E-state index in [-0.39, 0.29) is 0 Å². The van der Waals surface area contributed by atoms with Crippen LogP contribution in [-0.4, -0.2) is 178 Å². The molecule has 5 aliphatic heterocycles. The number of hydrogen-bond acceptors (Lipinski definition) is 9. The molecule has 5 saturated heterocycles. The summed E-state index contributed by atoms with van der Waals surface area (Å²) >= 11 is 0. The van der Waals surface area contributed by atoms with Gasteiger partial charge in [0.05, 0.1) is 22.2 Å². The minimum Gasteiger partial charge on any atom is -0.342 e. The molecule has 5 heterocycles. The Balaban J connectivity index is 0.996. The van der Waals surface area contributed by atoms with E-state index in [0.29, 0.717) is 0 Å². The highest BCUT2D eigenvalue weighted by molar-refractivity contribution is 6.77. The van der Waals surface area contributed by atoms with E-state index in [1.807, 2.05) is 0 Å². The summed E-state index contributed by atoms with van der Waals surface area (Å²) in [5.74, 6) is 0. The highest BCUT2D eigenvalue weighted by Gasteiger charge is 2.95. The second-order valence-electron chi connectivity index (χ2n) is 33.7. The summed E-state index contributed by atoms with van der Waals surface area (Å²) < 4.78 is 9.39. The maximum absolute atomic E-state index is 9.39. The Labute approximate surface area is 500 Å². The zero-order valence-electron chi connectivity index (χ0n) is 49.3. The molecule has 4 unspecified atom stereocenters. The van der Waals surface area contributed by atoms with E-state index in [9.17, 15) is 4.74 Å². The molecule has 0 amide bonds. The van der Waals surface area contributed by atoms with E-state index in [4.69, 9.17) is 0 Å². The Morgan fingerprint density at radius 3 is 0.584 bits per heavy atom. The molecule has 4 atom stereocenters. The maximum Gasteiger partial charge on any atom is 0.159 e. The molecule has 89 heavy (non-hydrogen) atoms. The first-order valence-electron chi connectivity index (χ1n) is 34.7. The van der Waals surface area contributed by atoms with E-state index < -0.39 is 33.4 Å². The minimum absolute atomic E-state index is 0.497. The minimum atomic E-state index is -0.667. The van der Waals surface area contributed by atoms with Crippen LogP contribution in [0.25, 0.3) is 215 Å². The van der Waals surface area contributed by atoms with Gasteiger partial charge in [-0.15, -0.1) is 0 Å². The number of ether oxygens (including phenoxy) is 1. The first-order chi connectivity index (χ1) is 43.9. The largest absolute Gasteiger partial charge is 0.342 e. The number of hydrogen-bond donors (Lipinski definition) is 0. The van der Waals surface area contributed by atoms with Crippen molar-refractivity contribution in [1.82, 2.24) is 39.2 Å². The summed E-state index contributed by atoms with van der Waals surface area (Å²) in [6.07, 6.45) is 0. The molecule has 410 valence electrons. The average Bonchev–Trinajstić information content (AvgIpc) is 1.36. The van der Waals surface area contributed by atoms with Crippen molar-refractivity contribution in [3.05, 3.63) is 77.9 Å². The Kier molecular flexibility index (Phi) is 4.18. The number of rotatable bonds is 4. The van der Waals surface area contributed by atoms with Crippen LogP contribution in [0.1, 0.15) is 55.6 Å². The molecule has 0 N–H and O–H groups in total. The van der Waals surface area contributed by atoms with Crippen molar-refractivity contribution in [3.63, 3.8) is 0 Å². The van der Waals surface area contributed by atoms with Gasteiger partial charge in [-0.05, 0) is 299 Å². The monoisotopic (exact) mass is 1130 g/mol. The molecule has 16 aliphatic rings. The molecule has 21 aromatic carbocycles.